The van der Waals surface area contributed by atoms with Crippen molar-refractivity contribution in [3.05, 3.63) is 12.2 Å². The average Bonchev–Trinajstić information content (AvgIpc) is 1.76. The second-order valence-electron chi connectivity index (χ2n) is 0.766. The summed E-state index contributed by atoms with van der Waals surface area (Å²) in [7, 11) is 1.69. The van der Waals surface area contributed by atoms with Crippen molar-refractivity contribution in [1.82, 2.24) is 10.1 Å². The molecule has 0 spiro atoms. The Labute approximate surface area is 30.5 Å². The Morgan fingerprint density at radius 2 is 2.80 bits per heavy atom. The molecule has 1 N–H and O–H groups in total. The van der Waals surface area contributed by atoms with Crippen LogP contribution in [0.15, 0.2) is 12.2 Å². The number of H-pyrrole nitrogens is 1. The summed E-state index contributed by atoms with van der Waals surface area (Å²) in [5.41, 5.74) is 0. The summed E-state index contributed by atoms with van der Waals surface area (Å²) < 4.78 is 0. The minimum atomic E-state index is 1.69. The molecule has 0 saturated carbocycles. The van der Waals surface area contributed by atoms with E-state index in [9.17, 15) is 0 Å². The van der Waals surface area contributed by atoms with Crippen molar-refractivity contribution in [1.29, 1.82) is 0 Å². The predicted octanol–water partition coefficient (Wildman–Crippen LogP) is -0.252. The van der Waals surface area contributed by atoms with Crippen LogP contribution < -0.4 is 0 Å². The number of nitrogens with one attached hydrogen (secondary N) is 1. The third-order valence-electron chi connectivity index (χ3n) is 0.406. The monoisotopic (exact) mass is 66.0 g/mol. The molecule has 0 fully saturated rings. The minimum absolute atomic E-state index is 1.69. The Balaban J connectivity index is 3.13. The van der Waals surface area contributed by atoms with E-state index in [2.05, 4.69) is 10.1 Å². The van der Waals surface area contributed by atoms with E-state index in [1.54, 1.807) is 13.2 Å². The quantitative estimate of drug-likeness (QED) is 0.444. The van der Waals surface area contributed by atoms with Crippen molar-refractivity contribution < 1.29 is 0 Å². The van der Waals surface area contributed by atoms with Crippen LogP contribution in [0.1, 0.15) is 0 Å². The number of nitrogens with zero attached hydrogens (tertiary/aromatic N) is 1. The van der Waals surface area contributed by atoms with Crippen molar-refractivity contribution in [2.45, 2.75) is 0 Å². The van der Waals surface area contributed by atoms with Crippen molar-refractivity contribution in [3.8, 4) is 0 Å². The van der Waals surface area contributed by atoms with Gasteiger partial charge in [-0.2, -0.15) is 0 Å². The van der Waals surface area contributed by atoms with E-state index in [1.807, 2.05) is 5.96 Å². The van der Waals surface area contributed by atoms with Gasteiger partial charge in [0.1, 0.15) is 0 Å². The number of rotatable bonds is 0. The van der Waals surface area contributed by atoms with Crippen LogP contribution in [-0.2, 0) is 0 Å². The molecular formula is C2H3BN2. The average molecular weight is 65.9 g/mol. The first-order valence-corrected chi connectivity index (χ1v) is 1.44. The fourth-order valence-electron chi connectivity index (χ4n) is 0.215. The van der Waals surface area contributed by atoms with Crippen molar-refractivity contribution in [3.63, 3.8) is 0 Å². The first-order valence-electron chi connectivity index (χ1n) is 1.44. The van der Waals surface area contributed by atoms with Gasteiger partial charge in [-0.15, -0.1) is 0 Å². The van der Waals surface area contributed by atoms with Gasteiger partial charge in [-0.05, 0) is 0 Å². The summed E-state index contributed by atoms with van der Waals surface area (Å²) >= 11 is 0. The Bertz CT molecular complexity index is 64.1. The number of hydrogen-bond donors (Lipinski definition) is 1. The molecular weight excluding hydrogens is 62.8 g/mol. The first-order chi connectivity index (χ1) is 2.50. The van der Waals surface area contributed by atoms with E-state index in [0.29, 0.717) is 0 Å². The molecule has 0 aliphatic carbocycles. The van der Waals surface area contributed by atoms with Crippen LogP contribution in [0, 0.1) is 0 Å². The van der Waals surface area contributed by atoms with Crippen LogP contribution in [0.2, 0.25) is 0 Å². The maximum absolute atomic E-state index is 3.60. The zero-order valence-electron chi connectivity index (χ0n) is 2.68. The van der Waals surface area contributed by atoms with Gasteiger partial charge in [0.15, 0.2) is 0 Å². The van der Waals surface area contributed by atoms with Gasteiger partial charge in [-0.25, -0.2) is 0 Å². The molecule has 0 radical (unpaired) electrons. The van der Waals surface area contributed by atoms with Crippen molar-refractivity contribution in [2.24, 2.45) is 0 Å². The van der Waals surface area contributed by atoms with Gasteiger partial charge >= 0.3 is 29.3 Å². The molecule has 0 amide bonds. The Morgan fingerprint density at radius 1 is 1.80 bits per heavy atom. The van der Waals surface area contributed by atoms with Crippen molar-refractivity contribution in [2.75, 3.05) is 0 Å². The zero-order valence-corrected chi connectivity index (χ0v) is 2.68. The standard InChI is InChI=1S/C2H3BN2/c1-2-4-5-3-1/h1-2,4H. The van der Waals surface area contributed by atoms with Gasteiger partial charge in [0.05, 0.1) is 0 Å². The van der Waals surface area contributed by atoms with Gasteiger partial charge in [0.2, 0.25) is 0 Å². The third kappa shape index (κ3) is 0.346. The molecule has 0 bridgehead atoms. The van der Waals surface area contributed by atoms with Crippen LogP contribution in [0.25, 0.3) is 0 Å². The SMILES string of the molecule is b1cc[nH]n1. The number of hydrogen-bond acceptors (Lipinski definition) is 1. The molecule has 1 heterocycles. The molecule has 24 valence electrons. The Kier molecular flexibility index (Phi) is 0.534. The summed E-state index contributed by atoms with van der Waals surface area (Å²) in [6, 6.07) is 0. The van der Waals surface area contributed by atoms with E-state index in [0.717, 1.165) is 0 Å². The van der Waals surface area contributed by atoms with Gasteiger partial charge in [-0.3, -0.25) is 0 Å². The fraction of sp³-hybridized carbons (Fsp3) is 0. The first kappa shape index (κ1) is 2.63. The molecule has 0 unspecified atom stereocenters. The van der Waals surface area contributed by atoms with Crippen LogP contribution in [-0.4, -0.2) is 17.2 Å². The Morgan fingerprint density at radius 3 is 3.00 bits per heavy atom. The third-order valence-corrected chi connectivity index (χ3v) is 0.406. The predicted molar refractivity (Wildman–Crippen MR) is 19.9 cm³/mol. The summed E-state index contributed by atoms with van der Waals surface area (Å²) in [5.74, 6) is 1.83. The van der Waals surface area contributed by atoms with Gasteiger partial charge < -0.3 is 0 Å². The normalized spacial score (nSPS) is 7.20. The second kappa shape index (κ2) is 1.01. The summed E-state index contributed by atoms with van der Waals surface area (Å²) in [5, 5.41) is 6.21. The van der Waals surface area contributed by atoms with Crippen LogP contribution >= 0.6 is 0 Å². The van der Waals surface area contributed by atoms with Crippen LogP contribution in [0.4, 0.5) is 0 Å². The summed E-state index contributed by atoms with van der Waals surface area (Å²) in [6.45, 7) is 0. The van der Waals surface area contributed by atoms with Crippen molar-refractivity contribution >= 4 is 7.05 Å². The molecule has 5 heavy (non-hydrogen) atoms. The fourth-order valence-corrected chi connectivity index (χ4v) is 0.215. The van der Waals surface area contributed by atoms with Crippen LogP contribution in [0.3, 0.4) is 0 Å². The van der Waals surface area contributed by atoms with Crippen LogP contribution in [0.5, 0.6) is 0 Å². The number of aromatic nitrogens is 2. The van der Waals surface area contributed by atoms with E-state index in [-0.39, 0.29) is 0 Å². The molecule has 1 aromatic rings. The molecule has 1 aromatic heterocycles. The van der Waals surface area contributed by atoms with E-state index >= 15 is 0 Å². The molecule has 0 aromatic carbocycles. The molecule has 0 aliphatic heterocycles. The number of aromatic amines is 1. The topological polar surface area (TPSA) is 28.7 Å². The molecule has 0 saturated heterocycles. The van der Waals surface area contributed by atoms with Gasteiger partial charge in [0.25, 0.3) is 0 Å². The molecule has 0 aliphatic rings. The molecule has 2 nitrogen and oxygen atoms in total. The van der Waals surface area contributed by atoms with E-state index in [4.69, 9.17) is 0 Å². The molecule has 0 atom stereocenters. The maximum atomic E-state index is 3.60. The molecule has 1 rings (SSSR count). The van der Waals surface area contributed by atoms with Gasteiger partial charge in [0, 0.05) is 0 Å². The summed E-state index contributed by atoms with van der Waals surface area (Å²) in [6.07, 6.45) is 1.76. The van der Waals surface area contributed by atoms with Gasteiger partial charge in [-0.1, -0.05) is 0 Å². The summed E-state index contributed by atoms with van der Waals surface area (Å²) in [4.78, 5) is 0. The second-order valence-corrected chi connectivity index (χ2v) is 0.766. The zero-order chi connectivity index (χ0) is 3.54. The van der Waals surface area contributed by atoms with E-state index < -0.39 is 0 Å². The van der Waals surface area contributed by atoms with E-state index in [1.165, 1.54) is 0 Å². The molecule has 3 heteroatoms. The Hall–Kier alpha value is -0.595.